The number of halogens is 4. The lowest BCUT2D eigenvalue weighted by Gasteiger charge is -2.11. The van der Waals surface area contributed by atoms with E-state index in [4.69, 9.17) is 26.2 Å². The molecular formula is C30H26F4N8O10. The van der Waals surface area contributed by atoms with Crippen molar-refractivity contribution in [3.8, 4) is 11.1 Å². The fourth-order valence-corrected chi connectivity index (χ4v) is 3.71. The summed E-state index contributed by atoms with van der Waals surface area (Å²) < 4.78 is 54.0. The number of pyridine rings is 1. The lowest BCUT2D eigenvalue weighted by molar-refractivity contribution is -0.134. The van der Waals surface area contributed by atoms with Crippen LogP contribution in [0.25, 0.3) is 16.6 Å². The Morgan fingerprint density at radius 2 is 1.46 bits per heavy atom. The first-order valence-corrected chi connectivity index (χ1v) is 13.8. The molecule has 0 saturated carbocycles. The minimum absolute atomic E-state index is 0.0200. The Labute approximate surface area is 287 Å². The number of aryl methyl sites for hydroxylation is 1. The number of rotatable bonds is 9. The highest BCUT2D eigenvalue weighted by Gasteiger charge is 2.30. The zero-order valence-corrected chi connectivity index (χ0v) is 26.3. The second-order valence-electron chi connectivity index (χ2n) is 9.61. The van der Waals surface area contributed by atoms with E-state index in [9.17, 15) is 46.3 Å². The number of nitrogens with zero attached hydrogens (tertiary/aromatic N) is 4. The number of aromatic nitrogens is 4. The van der Waals surface area contributed by atoms with Crippen molar-refractivity contribution in [3.05, 3.63) is 90.3 Å². The predicted octanol–water partition coefficient (Wildman–Crippen LogP) is 3.18. The standard InChI is InChI=1S/C22H18F4N8O2.2C4H4O4/c1-11-3-2-4-16(31-11)33-21(36)32-15-6-5-12(7-14(15)23)17-13(20(35)28-9-22(24,25)26)8-34-18(17)19(27)29-10-30-34;2*5-3(6)1-2-4(7)8/h2-8,10H,9H2,1H3,(H,28,35)(H2,27,29,30)(H2,31,32,33,36);2*1-2H,(H,5,6)(H,7,8). The number of hydrogen-bond donors (Lipinski definition) is 8. The number of carboxylic acids is 4. The first-order chi connectivity index (χ1) is 24.3. The molecule has 0 radical (unpaired) electrons. The Hall–Kier alpha value is -7.39. The van der Waals surface area contributed by atoms with Gasteiger partial charge in [-0.15, -0.1) is 0 Å². The van der Waals surface area contributed by atoms with Gasteiger partial charge in [-0.25, -0.2) is 42.8 Å². The minimum Gasteiger partial charge on any atom is -0.478 e. The monoisotopic (exact) mass is 734 g/mol. The van der Waals surface area contributed by atoms with Gasteiger partial charge in [0, 0.05) is 41.8 Å². The molecule has 3 aromatic heterocycles. The largest absolute Gasteiger partial charge is 0.478 e. The van der Waals surface area contributed by atoms with E-state index >= 15 is 0 Å². The summed E-state index contributed by atoms with van der Waals surface area (Å²) in [6.07, 6.45) is -0.142. The summed E-state index contributed by atoms with van der Waals surface area (Å²) in [6.45, 7) is 0.170. The van der Waals surface area contributed by atoms with E-state index in [0.29, 0.717) is 30.0 Å². The van der Waals surface area contributed by atoms with E-state index in [2.05, 4.69) is 25.7 Å². The number of aliphatic carboxylic acids is 4. The van der Waals surface area contributed by atoms with Crippen LogP contribution in [0.5, 0.6) is 0 Å². The molecule has 0 fully saturated rings. The molecule has 0 aliphatic rings. The van der Waals surface area contributed by atoms with Crippen molar-refractivity contribution < 1.29 is 66.8 Å². The SMILES string of the molecule is Cc1cccc(NC(=O)Nc2ccc(-c3c(C(=O)NCC(F)(F)F)cn4ncnc(N)c34)cc2F)n1.O=C(O)C=CC(=O)O.O=C(O)C=CC(=O)O. The third-order valence-corrected chi connectivity index (χ3v) is 5.67. The van der Waals surface area contributed by atoms with Gasteiger partial charge in [0.15, 0.2) is 5.82 Å². The van der Waals surface area contributed by atoms with Gasteiger partial charge in [0.1, 0.15) is 30.0 Å². The van der Waals surface area contributed by atoms with E-state index in [0.717, 1.165) is 16.9 Å². The second-order valence-corrected chi connectivity index (χ2v) is 9.61. The van der Waals surface area contributed by atoms with E-state index in [1.54, 1.807) is 30.4 Å². The van der Waals surface area contributed by atoms with Crippen LogP contribution in [-0.2, 0) is 19.2 Å². The second kappa shape index (κ2) is 18.4. The predicted molar refractivity (Wildman–Crippen MR) is 172 cm³/mol. The lowest BCUT2D eigenvalue weighted by atomic mass is 10.0. The molecule has 1 aromatic carbocycles. The molecule has 4 aromatic rings. The van der Waals surface area contributed by atoms with Crippen molar-refractivity contribution in [1.29, 1.82) is 0 Å². The van der Waals surface area contributed by atoms with E-state index in [1.165, 1.54) is 18.3 Å². The third kappa shape index (κ3) is 13.6. The summed E-state index contributed by atoms with van der Waals surface area (Å²) in [5.41, 5.74) is 6.38. The van der Waals surface area contributed by atoms with Crippen molar-refractivity contribution in [2.45, 2.75) is 13.1 Å². The number of urea groups is 1. The molecule has 3 heterocycles. The molecule has 0 unspecified atom stereocenters. The van der Waals surface area contributed by atoms with E-state index in [-0.39, 0.29) is 39.5 Å². The fourth-order valence-electron chi connectivity index (χ4n) is 3.71. The topological polar surface area (TPSA) is 289 Å². The molecule has 0 spiro atoms. The van der Waals surface area contributed by atoms with Crippen molar-refractivity contribution in [3.63, 3.8) is 0 Å². The number of hydrogen-bond acceptors (Lipinski definition) is 10. The first kappa shape index (κ1) is 40.8. The van der Waals surface area contributed by atoms with Gasteiger partial charge in [-0.1, -0.05) is 12.1 Å². The molecule has 52 heavy (non-hydrogen) atoms. The summed E-state index contributed by atoms with van der Waals surface area (Å²) in [4.78, 5) is 71.0. The highest BCUT2D eigenvalue weighted by Crippen LogP contribution is 2.34. The smallest absolute Gasteiger partial charge is 0.405 e. The van der Waals surface area contributed by atoms with Gasteiger partial charge in [0.25, 0.3) is 5.91 Å². The Bertz CT molecular complexity index is 1980. The number of nitrogens with one attached hydrogen (secondary N) is 3. The zero-order valence-electron chi connectivity index (χ0n) is 26.3. The van der Waals surface area contributed by atoms with Crippen LogP contribution in [0.15, 0.2) is 73.2 Å². The van der Waals surface area contributed by atoms with Crippen LogP contribution in [0.2, 0.25) is 0 Å². The fraction of sp³-hybridized carbons (Fsp3) is 0.100. The molecular weight excluding hydrogens is 708 g/mol. The summed E-state index contributed by atoms with van der Waals surface area (Å²) in [6, 6.07) is 7.83. The Morgan fingerprint density at radius 1 is 0.885 bits per heavy atom. The molecule has 0 aliphatic carbocycles. The van der Waals surface area contributed by atoms with E-state index < -0.39 is 54.4 Å². The molecule has 9 N–H and O–H groups in total. The first-order valence-electron chi connectivity index (χ1n) is 13.8. The van der Waals surface area contributed by atoms with Crippen LogP contribution >= 0.6 is 0 Å². The summed E-state index contributed by atoms with van der Waals surface area (Å²) in [7, 11) is 0. The quantitative estimate of drug-likeness (QED) is 0.0906. The van der Waals surface area contributed by atoms with E-state index in [1.807, 2.05) is 0 Å². The number of nitrogen functional groups attached to an aromatic ring is 1. The normalized spacial score (nSPS) is 10.8. The number of carbonyl (C=O) groups excluding carboxylic acids is 2. The number of carboxylic acid groups (broad SMARTS) is 4. The van der Waals surface area contributed by atoms with Gasteiger partial charge in [-0.3, -0.25) is 10.1 Å². The van der Waals surface area contributed by atoms with Crippen molar-refractivity contribution >= 4 is 58.7 Å². The average molecular weight is 735 g/mol. The maximum Gasteiger partial charge on any atom is 0.405 e. The Balaban J connectivity index is 0.000000487. The third-order valence-electron chi connectivity index (χ3n) is 5.67. The van der Waals surface area contributed by atoms with Gasteiger partial charge in [0.2, 0.25) is 0 Å². The lowest BCUT2D eigenvalue weighted by Crippen LogP contribution is -2.33. The number of amides is 3. The molecule has 3 amide bonds. The molecule has 0 bridgehead atoms. The Morgan fingerprint density at radius 3 is 1.96 bits per heavy atom. The number of benzene rings is 1. The van der Waals surface area contributed by atoms with Gasteiger partial charge in [0.05, 0.1) is 11.3 Å². The minimum atomic E-state index is -4.64. The van der Waals surface area contributed by atoms with Crippen LogP contribution in [0.4, 0.5) is 39.7 Å². The molecule has 0 saturated heterocycles. The van der Waals surface area contributed by atoms with Crippen molar-refractivity contribution in [1.82, 2.24) is 24.9 Å². The van der Waals surface area contributed by atoms with Gasteiger partial charge < -0.3 is 36.8 Å². The van der Waals surface area contributed by atoms with Crippen LogP contribution < -0.4 is 21.7 Å². The van der Waals surface area contributed by atoms with Crippen LogP contribution in [0.1, 0.15) is 16.1 Å². The Kier molecular flexibility index (Phi) is 14.4. The molecule has 22 heteroatoms. The van der Waals surface area contributed by atoms with Gasteiger partial charge in [-0.2, -0.15) is 18.3 Å². The number of fused-ring (bicyclic) bond motifs is 1. The van der Waals surface area contributed by atoms with Crippen molar-refractivity contribution in [2.75, 3.05) is 22.9 Å². The van der Waals surface area contributed by atoms with Crippen LogP contribution in [0.3, 0.4) is 0 Å². The molecule has 274 valence electrons. The highest BCUT2D eigenvalue weighted by molar-refractivity contribution is 6.07. The summed E-state index contributed by atoms with van der Waals surface area (Å²) in [5.74, 6) is -6.80. The number of alkyl halides is 3. The summed E-state index contributed by atoms with van der Waals surface area (Å²) in [5, 5.41) is 41.8. The molecule has 4 rings (SSSR count). The van der Waals surface area contributed by atoms with Crippen LogP contribution in [-0.4, -0.2) is 88.5 Å². The molecule has 18 nitrogen and oxygen atoms in total. The number of carbonyl (C=O) groups is 6. The number of nitrogens with two attached hydrogens (primary N) is 1. The maximum atomic E-state index is 15.0. The highest BCUT2D eigenvalue weighted by atomic mass is 19.4. The van der Waals surface area contributed by atoms with Crippen LogP contribution in [0, 0.1) is 12.7 Å². The maximum absolute atomic E-state index is 15.0. The summed E-state index contributed by atoms with van der Waals surface area (Å²) >= 11 is 0. The molecule has 0 atom stereocenters. The van der Waals surface area contributed by atoms with Gasteiger partial charge >= 0.3 is 36.1 Å². The number of anilines is 3. The molecule has 0 aliphatic heterocycles. The van der Waals surface area contributed by atoms with Gasteiger partial charge in [-0.05, 0) is 36.8 Å². The van der Waals surface area contributed by atoms with Crippen molar-refractivity contribution in [2.24, 2.45) is 0 Å². The average Bonchev–Trinajstić information content (AvgIpc) is 3.44. The zero-order chi connectivity index (χ0) is 39.2.